The van der Waals surface area contributed by atoms with E-state index in [1.54, 1.807) is 6.07 Å². The zero-order valence-electron chi connectivity index (χ0n) is 12.3. The number of rotatable bonds is 3. The number of nitrogens with two attached hydrogens (primary N) is 1. The van der Waals surface area contributed by atoms with Crippen molar-refractivity contribution in [2.75, 3.05) is 5.32 Å². The summed E-state index contributed by atoms with van der Waals surface area (Å²) in [5.74, 6) is -0.110. The Morgan fingerprint density at radius 1 is 1.41 bits per heavy atom. The first-order chi connectivity index (χ1) is 9.66. The van der Waals surface area contributed by atoms with Crippen molar-refractivity contribution < 1.29 is 17.9 Å². The number of guanidine groups is 1. The standard InChI is InChI=1S/C14H18F3N3O.HI/c1-13(2)7-6-11(13)20-12(18)19-9-4-3-5-10(8-9)21-14(15,16)17;/h3-5,8,11H,6-7H2,1-2H3,(H3,18,19,20);1H. The predicted molar refractivity (Wildman–Crippen MR) is 90.6 cm³/mol. The van der Waals surface area contributed by atoms with Crippen LogP contribution in [-0.4, -0.2) is 18.4 Å². The maximum absolute atomic E-state index is 12.2. The number of nitrogens with one attached hydrogen (secondary N) is 1. The average molecular weight is 429 g/mol. The largest absolute Gasteiger partial charge is 0.573 e. The quantitative estimate of drug-likeness (QED) is 0.432. The van der Waals surface area contributed by atoms with Crippen LogP contribution in [0.4, 0.5) is 18.9 Å². The van der Waals surface area contributed by atoms with Crippen LogP contribution >= 0.6 is 24.0 Å². The fraction of sp³-hybridized carbons (Fsp3) is 0.500. The Balaban J connectivity index is 0.00000242. The first-order valence-electron chi connectivity index (χ1n) is 6.62. The third-order valence-electron chi connectivity index (χ3n) is 3.60. The van der Waals surface area contributed by atoms with Gasteiger partial charge in [-0.15, -0.1) is 37.1 Å². The Kier molecular flexibility index (Phi) is 5.94. The van der Waals surface area contributed by atoms with Crippen LogP contribution in [0.25, 0.3) is 0 Å². The maximum Gasteiger partial charge on any atom is 0.573 e. The van der Waals surface area contributed by atoms with Gasteiger partial charge in [-0.3, -0.25) is 0 Å². The van der Waals surface area contributed by atoms with Gasteiger partial charge in [0.05, 0.1) is 6.04 Å². The second-order valence-corrected chi connectivity index (χ2v) is 5.76. The molecule has 0 heterocycles. The van der Waals surface area contributed by atoms with E-state index in [-0.39, 0.29) is 47.1 Å². The number of benzene rings is 1. The predicted octanol–water partition coefficient (Wildman–Crippen LogP) is 4.12. The molecule has 1 unspecified atom stereocenters. The van der Waals surface area contributed by atoms with Gasteiger partial charge in [0.2, 0.25) is 0 Å². The van der Waals surface area contributed by atoms with Gasteiger partial charge in [-0.25, -0.2) is 4.99 Å². The number of anilines is 1. The van der Waals surface area contributed by atoms with Crippen LogP contribution < -0.4 is 15.8 Å². The molecule has 0 aliphatic heterocycles. The summed E-state index contributed by atoms with van der Waals surface area (Å²) in [6, 6.07) is 5.63. The van der Waals surface area contributed by atoms with Crippen molar-refractivity contribution in [3.05, 3.63) is 24.3 Å². The number of alkyl halides is 3. The van der Waals surface area contributed by atoms with Crippen LogP contribution in [-0.2, 0) is 0 Å². The van der Waals surface area contributed by atoms with Gasteiger partial charge in [0.1, 0.15) is 5.75 Å². The van der Waals surface area contributed by atoms with Gasteiger partial charge in [-0.2, -0.15) is 0 Å². The molecule has 0 aromatic heterocycles. The molecule has 1 aliphatic rings. The number of halogens is 4. The summed E-state index contributed by atoms with van der Waals surface area (Å²) in [6.07, 6.45) is -2.66. The van der Waals surface area contributed by atoms with Crippen molar-refractivity contribution in [1.29, 1.82) is 0 Å². The van der Waals surface area contributed by atoms with E-state index in [9.17, 15) is 13.2 Å². The minimum absolute atomic E-state index is 0. The summed E-state index contributed by atoms with van der Waals surface area (Å²) < 4.78 is 40.3. The van der Waals surface area contributed by atoms with Crippen LogP contribution in [0.3, 0.4) is 0 Å². The second kappa shape index (κ2) is 6.93. The van der Waals surface area contributed by atoms with Crippen LogP contribution in [0.15, 0.2) is 29.3 Å². The first-order valence-corrected chi connectivity index (χ1v) is 6.62. The minimum atomic E-state index is -4.71. The molecule has 124 valence electrons. The first kappa shape index (κ1) is 18.9. The van der Waals surface area contributed by atoms with Gasteiger partial charge in [-0.1, -0.05) is 19.9 Å². The number of hydrogen-bond acceptors (Lipinski definition) is 2. The van der Waals surface area contributed by atoms with Gasteiger partial charge in [0.25, 0.3) is 0 Å². The van der Waals surface area contributed by atoms with Crippen LogP contribution in [0.1, 0.15) is 26.7 Å². The Morgan fingerprint density at radius 2 is 2.09 bits per heavy atom. The molecule has 1 saturated carbocycles. The molecular weight excluding hydrogens is 410 g/mol. The molecule has 1 aliphatic carbocycles. The van der Waals surface area contributed by atoms with Crippen LogP contribution in [0, 0.1) is 5.41 Å². The molecule has 0 radical (unpaired) electrons. The summed E-state index contributed by atoms with van der Waals surface area (Å²) >= 11 is 0. The van der Waals surface area contributed by atoms with Crippen molar-refractivity contribution in [2.24, 2.45) is 16.1 Å². The molecule has 1 aromatic carbocycles. The smallest absolute Gasteiger partial charge is 0.406 e. The van der Waals surface area contributed by atoms with E-state index in [0.29, 0.717) is 5.69 Å². The Labute approximate surface area is 144 Å². The van der Waals surface area contributed by atoms with Crippen LogP contribution in [0.5, 0.6) is 5.75 Å². The van der Waals surface area contributed by atoms with E-state index in [4.69, 9.17) is 5.73 Å². The Hall–Kier alpha value is -1.19. The van der Waals surface area contributed by atoms with Crippen molar-refractivity contribution in [3.8, 4) is 5.75 Å². The molecule has 1 atom stereocenters. The highest BCUT2D eigenvalue weighted by Gasteiger charge is 2.38. The van der Waals surface area contributed by atoms with E-state index < -0.39 is 6.36 Å². The lowest BCUT2D eigenvalue weighted by molar-refractivity contribution is -0.274. The summed E-state index contributed by atoms with van der Waals surface area (Å²) in [4.78, 5) is 4.35. The highest BCUT2D eigenvalue weighted by Crippen LogP contribution is 2.42. The molecule has 4 nitrogen and oxygen atoms in total. The molecule has 0 amide bonds. The molecule has 0 bridgehead atoms. The summed E-state index contributed by atoms with van der Waals surface area (Å²) in [5, 5.41) is 2.79. The zero-order chi connectivity index (χ0) is 15.7. The lowest BCUT2D eigenvalue weighted by atomic mass is 9.68. The lowest BCUT2D eigenvalue weighted by Crippen LogP contribution is -2.40. The Morgan fingerprint density at radius 3 is 2.59 bits per heavy atom. The number of hydrogen-bond donors (Lipinski definition) is 2. The highest BCUT2D eigenvalue weighted by atomic mass is 127. The van der Waals surface area contributed by atoms with E-state index in [0.717, 1.165) is 12.8 Å². The van der Waals surface area contributed by atoms with E-state index in [1.807, 2.05) is 0 Å². The molecule has 0 spiro atoms. The van der Waals surface area contributed by atoms with Crippen molar-refractivity contribution >= 4 is 35.6 Å². The Bertz CT molecular complexity index is 546. The molecule has 0 saturated heterocycles. The molecule has 2 rings (SSSR count). The SMILES string of the molecule is CC1(C)CCC1N=C(N)Nc1cccc(OC(F)(F)F)c1.I. The van der Waals surface area contributed by atoms with E-state index >= 15 is 0 Å². The molecule has 1 fully saturated rings. The average Bonchev–Trinajstić information content (AvgIpc) is 2.33. The van der Waals surface area contributed by atoms with Gasteiger partial charge in [-0.05, 0) is 30.4 Å². The highest BCUT2D eigenvalue weighted by molar-refractivity contribution is 14.0. The third kappa shape index (κ3) is 5.22. The van der Waals surface area contributed by atoms with Crippen molar-refractivity contribution in [1.82, 2.24) is 0 Å². The number of aliphatic imine (C=N–C) groups is 1. The summed E-state index contributed by atoms with van der Waals surface area (Å²) in [6.45, 7) is 4.21. The second-order valence-electron chi connectivity index (χ2n) is 5.76. The zero-order valence-corrected chi connectivity index (χ0v) is 14.6. The van der Waals surface area contributed by atoms with Crippen molar-refractivity contribution in [3.63, 3.8) is 0 Å². The summed E-state index contributed by atoms with van der Waals surface area (Å²) in [5.41, 5.74) is 6.31. The monoisotopic (exact) mass is 429 g/mol. The summed E-state index contributed by atoms with van der Waals surface area (Å²) in [7, 11) is 0. The molecule has 1 aromatic rings. The van der Waals surface area contributed by atoms with Crippen LogP contribution in [0.2, 0.25) is 0 Å². The molecule has 3 N–H and O–H groups in total. The molecule has 8 heteroatoms. The van der Waals surface area contributed by atoms with Gasteiger partial charge >= 0.3 is 6.36 Å². The van der Waals surface area contributed by atoms with Gasteiger partial charge < -0.3 is 15.8 Å². The van der Waals surface area contributed by atoms with Crippen molar-refractivity contribution in [2.45, 2.75) is 39.1 Å². The lowest BCUT2D eigenvalue weighted by Gasteiger charge is -2.41. The normalized spacial score (nSPS) is 20.6. The molecular formula is C14H19F3IN3O. The van der Waals surface area contributed by atoms with Gasteiger partial charge in [0, 0.05) is 11.8 Å². The minimum Gasteiger partial charge on any atom is -0.406 e. The number of ether oxygens (including phenoxy) is 1. The number of nitrogens with zero attached hydrogens (tertiary/aromatic N) is 1. The molecule has 22 heavy (non-hydrogen) atoms. The van der Waals surface area contributed by atoms with E-state index in [2.05, 4.69) is 28.9 Å². The maximum atomic E-state index is 12.2. The van der Waals surface area contributed by atoms with Gasteiger partial charge in [0.15, 0.2) is 5.96 Å². The topological polar surface area (TPSA) is 59.6 Å². The fourth-order valence-electron chi connectivity index (χ4n) is 2.21. The van der Waals surface area contributed by atoms with E-state index in [1.165, 1.54) is 18.2 Å². The fourth-order valence-corrected chi connectivity index (χ4v) is 2.21. The third-order valence-corrected chi connectivity index (χ3v) is 3.60.